The Morgan fingerprint density at radius 2 is 1.25 bits per heavy atom. The van der Waals surface area contributed by atoms with Crippen molar-refractivity contribution in [2.24, 2.45) is 0 Å². The van der Waals surface area contributed by atoms with E-state index in [1.54, 1.807) is 35.7 Å². The predicted octanol–water partition coefficient (Wildman–Crippen LogP) is 9.63. The van der Waals surface area contributed by atoms with Crippen molar-refractivity contribution >= 4 is 58.0 Å². The van der Waals surface area contributed by atoms with Crippen molar-refractivity contribution < 1.29 is 47.0 Å². The third kappa shape index (κ3) is 11.8. The Morgan fingerprint density at radius 1 is 0.719 bits per heavy atom. The minimum absolute atomic E-state index is 0.0346. The zero-order valence-electron chi connectivity index (χ0n) is 29.6. The van der Waals surface area contributed by atoms with E-state index in [2.05, 4.69) is 20.6 Å². The molecule has 2 amide bonds. The zero-order valence-corrected chi connectivity index (χ0v) is 32.0. The van der Waals surface area contributed by atoms with E-state index in [1.165, 1.54) is 47.0 Å². The Kier molecular flexibility index (Phi) is 13.9. The summed E-state index contributed by atoms with van der Waals surface area (Å²) in [6.45, 7) is 1.96. The number of halogens is 5. The van der Waals surface area contributed by atoms with Crippen LogP contribution in [0.1, 0.15) is 68.2 Å². The number of carbonyl (C=O) groups excluding carboxylic acids is 2. The molecule has 2 heterocycles. The molecule has 2 aromatic heterocycles. The van der Waals surface area contributed by atoms with Crippen LogP contribution < -0.4 is 10.6 Å². The molecule has 0 radical (unpaired) electrons. The summed E-state index contributed by atoms with van der Waals surface area (Å²) in [5.41, 5.74) is 2.78. The standard InChI is InChI=1S/C20H14ClF3N2O3S.C20H17FN2O3S/c21-14-3-1-2-12(8-14)15(9-17(27)28)25-18(29)16-10-30-19(26-16)11-4-6-13(7-5-11)20(22,23)24;1-12-5-2-3-8-15(12)20-23-17(11-27-20)19(26)22-16(10-18(24)25)13-6-4-7-14(21)9-13/h1-8,10,15H,9H2,(H,25,29)(H,27,28);2-9,11,16H,10H2,1H3,(H,22,26)(H,24,25)/t15-;16-/m00/s1. The number of rotatable bonds is 12. The van der Waals surface area contributed by atoms with Crippen LogP contribution in [0.3, 0.4) is 0 Å². The Labute approximate surface area is 335 Å². The van der Waals surface area contributed by atoms with Crippen LogP contribution in [0.25, 0.3) is 21.1 Å². The maximum absolute atomic E-state index is 13.5. The van der Waals surface area contributed by atoms with E-state index in [1.807, 2.05) is 31.2 Å². The first-order valence-corrected chi connectivity index (χ1v) is 18.9. The number of thiazole rings is 2. The van der Waals surface area contributed by atoms with E-state index in [9.17, 15) is 36.7 Å². The third-order valence-electron chi connectivity index (χ3n) is 8.18. The van der Waals surface area contributed by atoms with E-state index in [0.717, 1.165) is 34.6 Å². The molecule has 17 heteroatoms. The number of nitrogens with one attached hydrogen (secondary N) is 2. The Bertz CT molecular complexity index is 2390. The minimum atomic E-state index is -4.44. The molecule has 0 saturated carbocycles. The summed E-state index contributed by atoms with van der Waals surface area (Å²) in [6.07, 6.45) is -5.15. The van der Waals surface area contributed by atoms with Gasteiger partial charge in [0, 0.05) is 26.9 Å². The SMILES string of the molecule is Cc1ccccc1-c1nc(C(=O)N[C@@H](CC(=O)O)c2cccc(F)c2)cs1.O=C(O)C[C@H](NC(=O)c1csc(-c2ccc(C(F)(F)F)cc2)n1)c1cccc(Cl)c1. The first-order valence-electron chi connectivity index (χ1n) is 16.8. The highest BCUT2D eigenvalue weighted by Crippen LogP contribution is 2.32. The van der Waals surface area contributed by atoms with Gasteiger partial charge in [0.1, 0.15) is 27.2 Å². The number of benzene rings is 4. The number of aromatic nitrogens is 2. The van der Waals surface area contributed by atoms with Crippen molar-refractivity contribution in [2.45, 2.75) is 38.0 Å². The topological polar surface area (TPSA) is 159 Å². The number of alkyl halides is 3. The number of hydrogen-bond acceptors (Lipinski definition) is 8. The molecule has 6 rings (SSSR count). The van der Waals surface area contributed by atoms with Gasteiger partial charge in [-0.2, -0.15) is 13.2 Å². The van der Waals surface area contributed by atoms with Gasteiger partial charge in [-0.25, -0.2) is 14.4 Å². The molecule has 0 aliphatic rings. The lowest BCUT2D eigenvalue weighted by atomic mass is 10.0. The van der Waals surface area contributed by atoms with E-state index < -0.39 is 53.4 Å². The fourth-order valence-corrected chi connectivity index (χ4v) is 7.29. The number of aliphatic carboxylic acids is 2. The van der Waals surface area contributed by atoms with Crippen LogP contribution in [0, 0.1) is 12.7 Å². The van der Waals surface area contributed by atoms with Gasteiger partial charge in [-0.05, 0) is 60.0 Å². The maximum atomic E-state index is 13.5. The van der Waals surface area contributed by atoms with Crippen LogP contribution in [0.2, 0.25) is 5.02 Å². The monoisotopic (exact) mass is 838 g/mol. The minimum Gasteiger partial charge on any atom is -0.481 e. The number of carboxylic acid groups (broad SMARTS) is 2. The Balaban J connectivity index is 0.000000219. The lowest BCUT2D eigenvalue weighted by Gasteiger charge is -2.17. The van der Waals surface area contributed by atoms with Crippen LogP contribution >= 0.6 is 34.3 Å². The number of aryl methyl sites for hydroxylation is 1. The first-order chi connectivity index (χ1) is 27.1. The van der Waals surface area contributed by atoms with Gasteiger partial charge >= 0.3 is 18.1 Å². The van der Waals surface area contributed by atoms with Crippen molar-refractivity contribution in [1.82, 2.24) is 20.6 Å². The van der Waals surface area contributed by atoms with Crippen molar-refractivity contribution in [2.75, 3.05) is 0 Å². The van der Waals surface area contributed by atoms with Gasteiger partial charge in [0.15, 0.2) is 0 Å². The highest BCUT2D eigenvalue weighted by Gasteiger charge is 2.30. The third-order valence-corrected chi connectivity index (χ3v) is 10.2. The molecule has 0 aliphatic carbocycles. The maximum Gasteiger partial charge on any atom is 0.416 e. The van der Waals surface area contributed by atoms with Gasteiger partial charge in [-0.15, -0.1) is 22.7 Å². The average molecular weight is 839 g/mol. The number of hydrogen-bond donors (Lipinski definition) is 4. The highest BCUT2D eigenvalue weighted by atomic mass is 35.5. The summed E-state index contributed by atoms with van der Waals surface area (Å²) >= 11 is 8.38. The van der Waals surface area contributed by atoms with E-state index in [4.69, 9.17) is 21.8 Å². The predicted molar refractivity (Wildman–Crippen MR) is 208 cm³/mol. The molecule has 2 atom stereocenters. The fourth-order valence-electron chi connectivity index (χ4n) is 5.39. The van der Waals surface area contributed by atoms with Gasteiger partial charge < -0.3 is 20.8 Å². The molecule has 10 nitrogen and oxygen atoms in total. The molecule has 4 aromatic carbocycles. The number of carbonyl (C=O) groups is 4. The molecular weight excluding hydrogens is 808 g/mol. The molecular formula is C40H31ClF4N4O6S2. The summed E-state index contributed by atoms with van der Waals surface area (Å²) in [6, 6.07) is 22.5. The quantitative estimate of drug-likeness (QED) is 0.0888. The second kappa shape index (κ2) is 18.8. The van der Waals surface area contributed by atoms with Crippen molar-refractivity contribution in [3.63, 3.8) is 0 Å². The lowest BCUT2D eigenvalue weighted by Crippen LogP contribution is -2.30. The van der Waals surface area contributed by atoms with E-state index >= 15 is 0 Å². The highest BCUT2D eigenvalue weighted by molar-refractivity contribution is 7.13. The van der Waals surface area contributed by atoms with E-state index in [-0.39, 0.29) is 24.2 Å². The summed E-state index contributed by atoms with van der Waals surface area (Å²) in [5, 5.41) is 28.1. The van der Waals surface area contributed by atoms with Crippen molar-refractivity contribution in [3.05, 3.63) is 152 Å². The molecule has 57 heavy (non-hydrogen) atoms. The fraction of sp³-hybridized carbons (Fsp3) is 0.150. The molecule has 4 N–H and O–H groups in total. The Morgan fingerprint density at radius 3 is 1.77 bits per heavy atom. The van der Waals surface area contributed by atoms with Crippen LogP contribution in [-0.2, 0) is 15.8 Å². The van der Waals surface area contributed by atoms with Gasteiger partial charge in [-0.1, -0.05) is 72.3 Å². The molecule has 0 saturated heterocycles. The number of amides is 2. The van der Waals surface area contributed by atoms with Crippen LogP contribution in [0.5, 0.6) is 0 Å². The molecule has 294 valence electrons. The average Bonchev–Trinajstić information content (AvgIpc) is 3.86. The second-order valence-electron chi connectivity index (χ2n) is 12.3. The molecule has 0 spiro atoms. The van der Waals surface area contributed by atoms with E-state index in [0.29, 0.717) is 31.7 Å². The normalized spacial score (nSPS) is 12.1. The number of nitrogens with zero attached hydrogens (tertiary/aromatic N) is 2. The van der Waals surface area contributed by atoms with Crippen LogP contribution in [0.4, 0.5) is 17.6 Å². The summed E-state index contributed by atoms with van der Waals surface area (Å²) < 4.78 is 51.6. The van der Waals surface area contributed by atoms with Gasteiger partial charge in [0.05, 0.1) is 30.5 Å². The molecule has 0 aliphatic heterocycles. The smallest absolute Gasteiger partial charge is 0.416 e. The van der Waals surface area contributed by atoms with Crippen LogP contribution in [-0.4, -0.2) is 43.9 Å². The lowest BCUT2D eigenvalue weighted by molar-refractivity contribution is -0.138. The first kappa shape index (κ1) is 42.2. The summed E-state index contributed by atoms with van der Waals surface area (Å²) in [7, 11) is 0. The number of carboxylic acids is 2. The largest absolute Gasteiger partial charge is 0.481 e. The van der Waals surface area contributed by atoms with Gasteiger partial charge in [-0.3, -0.25) is 19.2 Å². The van der Waals surface area contributed by atoms with Gasteiger partial charge in [0.25, 0.3) is 11.8 Å². The molecule has 0 fully saturated rings. The summed E-state index contributed by atoms with van der Waals surface area (Å²) in [4.78, 5) is 56.0. The molecule has 0 unspecified atom stereocenters. The molecule has 6 aromatic rings. The van der Waals surface area contributed by atoms with Crippen molar-refractivity contribution in [1.29, 1.82) is 0 Å². The van der Waals surface area contributed by atoms with Crippen molar-refractivity contribution in [3.8, 4) is 21.1 Å². The Hall–Kier alpha value is -5.97. The molecule has 0 bridgehead atoms. The van der Waals surface area contributed by atoms with Gasteiger partial charge in [0.2, 0.25) is 0 Å². The second-order valence-corrected chi connectivity index (χ2v) is 14.5. The van der Waals surface area contributed by atoms with Crippen LogP contribution in [0.15, 0.2) is 108 Å². The summed E-state index contributed by atoms with van der Waals surface area (Å²) in [5.74, 6) is -3.79. The zero-order chi connectivity index (χ0) is 41.3.